The average Bonchev–Trinajstić information content (AvgIpc) is 2.80. The van der Waals surface area contributed by atoms with Crippen LogP contribution in [0.15, 0.2) is 24.5 Å². The summed E-state index contributed by atoms with van der Waals surface area (Å²) in [5, 5.41) is 27.0. The molecule has 7 nitrogen and oxygen atoms in total. The average molecular weight is 253 g/mol. The maximum absolute atomic E-state index is 11.2. The maximum atomic E-state index is 11.2. The number of aromatic carboxylic acids is 1. The predicted octanol–water partition coefficient (Wildman–Crippen LogP) is 0.896. The van der Waals surface area contributed by atoms with Gasteiger partial charge in [0.05, 0.1) is 11.3 Å². The molecule has 0 spiro atoms. The lowest BCUT2D eigenvalue weighted by Gasteiger charge is -2.08. The number of imidazole rings is 1. The minimum atomic E-state index is -1.16. The van der Waals surface area contributed by atoms with Crippen LogP contribution in [0.3, 0.4) is 0 Å². The molecule has 1 heterocycles. The molecule has 7 heteroatoms. The Morgan fingerprint density at radius 1 is 1.37 bits per heavy atom. The molecule has 0 aliphatic carbocycles. The lowest BCUT2D eigenvalue weighted by molar-refractivity contribution is 0.0697. The van der Waals surface area contributed by atoms with Gasteiger partial charge in [0.2, 0.25) is 0 Å². The molecule has 0 fully saturated rings. The number of nitrogens with zero attached hydrogens (tertiary/aromatic N) is 4. The van der Waals surface area contributed by atoms with Gasteiger partial charge in [0, 0.05) is 5.69 Å². The molecular formula is C12H7N5O2. The minimum Gasteiger partial charge on any atom is -0.478 e. The van der Waals surface area contributed by atoms with Crippen molar-refractivity contribution >= 4 is 11.7 Å². The van der Waals surface area contributed by atoms with E-state index in [0.717, 1.165) is 0 Å². The Kier molecular flexibility index (Phi) is 2.88. The Balaban J connectivity index is 2.76. The van der Waals surface area contributed by atoms with Gasteiger partial charge in [-0.25, -0.2) is 9.78 Å². The Bertz CT molecular complexity index is 748. The highest BCUT2D eigenvalue weighted by Gasteiger charge is 2.17. The molecule has 2 rings (SSSR count). The lowest BCUT2D eigenvalue weighted by atomic mass is 10.1. The minimum absolute atomic E-state index is 0.0319. The van der Waals surface area contributed by atoms with Crippen molar-refractivity contribution in [1.29, 1.82) is 10.5 Å². The number of hydrogen-bond acceptors (Lipinski definition) is 5. The fourth-order valence-electron chi connectivity index (χ4n) is 1.65. The summed E-state index contributed by atoms with van der Waals surface area (Å²) in [6.07, 6.45) is 1.22. The summed E-state index contributed by atoms with van der Waals surface area (Å²) in [6.45, 7) is 0. The highest BCUT2D eigenvalue weighted by atomic mass is 16.4. The molecule has 0 radical (unpaired) electrons. The van der Waals surface area contributed by atoms with Crippen molar-refractivity contribution < 1.29 is 9.90 Å². The van der Waals surface area contributed by atoms with Gasteiger partial charge in [-0.05, 0) is 18.2 Å². The van der Waals surface area contributed by atoms with Crippen LogP contribution in [0.25, 0.3) is 5.69 Å². The zero-order valence-corrected chi connectivity index (χ0v) is 9.53. The molecule has 0 amide bonds. The first-order valence-corrected chi connectivity index (χ1v) is 5.09. The molecule has 0 saturated heterocycles. The third-order valence-electron chi connectivity index (χ3n) is 2.49. The number of carboxylic acid groups (broad SMARTS) is 1. The van der Waals surface area contributed by atoms with Crippen LogP contribution >= 0.6 is 0 Å². The summed E-state index contributed by atoms with van der Waals surface area (Å²) < 4.78 is 1.23. The maximum Gasteiger partial charge on any atom is 0.337 e. The fraction of sp³-hybridized carbons (Fsp3) is 0. The van der Waals surface area contributed by atoms with E-state index < -0.39 is 5.97 Å². The van der Waals surface area contributed by atoms with Crippen molar-refractivity contribution in [3.8, 4) is 17.8 Å². The number of aromatic nitrogens is 2. The van der Waals surface area contributed by atoms with Crippen LogP contribution in [0.5, 0.6) is 0 Å². The van der Waals surface area contributed by atoms with Crippen LogP contribution in [0.2, 0.25) is 0 Å². The largest absolute Gasteiger partial charge is 0.478 e. The van der Waals surface area contributed by atoms with Crippen LogP contribution < -0.4 is 5.73 Å². The Labute approximate surface area is 107 Å². The van der Waals surface area contributed by atoms with Crippen LogP contribution in [0.4, 0.5) is 5.69 Å². The number of nitrogen functional groups attached to an aromatic ring is 1. The predicted molar refractivity (Wildman–Crippen MR) is 64.4 cm³/mol. The number of nitrogens with two attached hydrogens (primary N) is 1. The summed E-state index contributed by atoms with van der Waals surface area (Å²) in [6, 6.07) is 7.78. The smallest absolute Gasteiger partial charge is 0.337 e. The zero-order valence-electron chi connectivity index (χ0n) is 9.53. The van der Waals surface area contributed by atoms with E-state index in [2.05, 4.69) is 4.98 Å². The van der Waals surface area contributed by atoms with E-state index in [9.17, 15) is 4.79 Å². The summed E-state index contributed by atoms with van der Waals surface area (Å²) in [7, 11) is 0. The highest BCUT2D eigenvalue weighted by molar-refractivity contribution is 5.92. The highest BCUT2D eigenvalue weighted by Crippen LogP contribution is 2.21. The van der Waals surface area contributed by atoms with E-state index >= 15 is 0 Å². The van der Waals surface area contributed by atoms with Gasteiger partial charge in [0.15, 0.2) is 11.4 Å². The monoisotopic (exact) mass is 253 g/mol. The van der Waals surface area contributed by atoms with E-state index in [1.165, 1.54) is 29.1 Å². The molecule has 0 aliphatic heterocycles. The van der Waals surface area contributed by atoms with Gasteiger partial charge < -0.3 is 10.8 Å². The summed E-state index contributed by atoms with van der Waals surface area (Å²) in [4.78, 5) is 14.9. The molecule has 0 bridgehead atoms. The molecule has 1 aromatic heterocycles. The van der Waals surface area contributed by atoms with Crippen molar-refractivity contribution in [2.45, 2.75) is 0 Å². The number of rotatable bonds is 2. The second kappa shape index (κ2) is 4.51. The number of carbonyl (C=O) groups is 1. The van der Waals surface area contributed by atoms with Crippen molar-refractivity contribution in [2.24, 2.45) is 0 Å². The molecule has 0 atom stereocenters. The Morgan fingerprint density at radius 3 is 2.68 bits per heavy atom. The SMILES string of the molecule is N#Cc1ncn(-c2cc(N)ccc2C(=O)O)c1C#N. The van der Waals surface area contributed by atoms with Crippen molar-refractivity contribution in [2.75, 3.05) is 5.73 Å². The van der Waals surface area contributed by atoms with Crippen LogP contribution in [0, 0.1) is 22.7 Å². The molecule has 3 N–H and O–H groups in total. The topological polar surface area (TPSA) is 129 Å². The zero-order chi connectivity index (χ0) is 14.0. The van der Waals surface area contributed by atoms with Gasteiger partial charge >= 0.3 is 5.97 Å². The summed E-state index contributed by atoms with van der Waals surface area (Å²) >= 11 is 0. The molecule has 19 heavy (non-hydrogen) atoms. The van der Waals surface area contributed by atoms with Gasteiger partial charge in [0.1, 0.15) is 18.5 Å². The third-order valence-corrected chi connectivity index (χ3v) is 2.49. The number of anilines is 1. The van der Waals surface area contributed by atoms with E-state index in [0.29, 0.717) is 5.69 Å². The summed E-state index contributed by atoms with van der Waals surface area (Å²) in [5.41, 5.74) is 6.02. The molecule has 2 aromatic rings. The fourth-order valence-corrected chi connectivity index (χ4v) is 1.65. The molecular weight excluding hydrogens is 246 g/mol. The standard InChI is InChI=1S/C12H7N5O2/c13-4-9-11(5-14)17(6-16-9)10-3-7(15)1-2-8(10)12(18)19/h1-3,6H,15H2,(H,18,19). The van der Waals surface area contributed by atoms with Crippen LogP contribution in [-0.4, -0.2) is 20.6 Å². The first-order chi connectivity index (χ1) is 9.08. The Hall–Kier alpha value is -3.32. The third kappa shape index (κ3) is 1.96. The molecule has 92 valence electrons. The van der Waals surface area contributed by atoms with E-state index in [1.54, 1.807) is 6.07 Å². The quantitative estimate of drug-likeness (QED) is 0.765. The second-order valence-electron chi connectivity index (χ2n) is 3.62. The summed E-state index contributed by atoms with van der Waals surface area (Å²) in [5.74, 6) is -1.16. The number of carboxylic acids is 1. The van der Waals surface area contributed by atoms with E-state index in [4.69, 9.17) is 21.4 Å². The molecule has 0 saturated carbocycles. The van der Waals surface area contributed by atoms with Crippen molar-refractivity contribution in [3.63, 3.8) is 0 Å². The Morgan fingerprint density at radius 2 is 2.11 bits per heavy atom. The van der Waals surface area contributed by atoms with E-state index in [-0.39, 0.29) is 22.6 Å². The molecule has 0 unspecified atom stereocenters. The van der Waals surface area contributed by atoms with Gasteiger partial charge in [0.25, 0.3) is 0 Å². The van der Waals surface area contributed by atoms with Gasteiger partial charge in [-0.15, -0.1) is 0 Å². The van der Waals surface area contributed by atoms with Crippen LogP contribution in [0.1, 0.15) is 21.7 Å². The van der Waals surface area contributed by atoms with Gasteiger partial charge in [-0.3, -0.25) is 4.57 Å². The first-order valence-electron chi connectivity index (χ1n) is 5.09. The van der Waals surface area contributed by atoms with E-state index in [1.807, 2.05) is 6.07 Å². The molecule has 1 aromatic carbocycles. The molecule has 0 aliphatic rings. The van der Waals surface area contributed by atoms with Gasteiger partial charge in [-0.2, -0.15) is 10.5 Å². The number of benzene rings is 1. The number of hydrogen-bond donors (Lipinski definition) is 2. The normalized spacial score (nSPS) is 9.58. The first kappa shape index (κ1) is 12.1. The van der Waals surface area contributed by atoms with Crippen molar-refractivity contribution in [3.05, 3.63) is 41.5 Å². The van der Waals surface area contributed by atoms with Gasteiger partial charge in [-0.1, -0.05) is 0 Å². The van der Waals surface area contributed by atoms with Crippen LogP contribution in [-0.2, 0) is 0 Å². The lowest BCUT2D eigenvalue weighted by Crippen LogP contribution is -2.07. The number of nitriles is 2. The second-order valence-corrected chi connectivity index (χ2v) is 3.62. The van der Waals surface area contributed by atoms with Crippen molar-refractivity contribution in [1.82, 2.24) is 9.55 Å².